The molecule has 0 aromatic carbocycles. The zero-order valence-electron chi connectivity index (χ0n) is 6.09. The molecule has 0 unspecified atom stereocenters. The third kappa shape index (κ3) is 1.94. The molecule has 0 amide bonds. The Morgan fingerprint density at radius 2 is 2.33 bits per heavy atom. The molecule has 0 radical (unpaired) electrons. The summed E-state index contributed by atoms with van der Waals surface area (Å²) >= 11 is 11.1. The smallest absolute Gasteiger partial charge is 0.148 e. The number of nitrogens with two attached hydrogens (primary N) is 1. The van der Waals surface area contributed by atoms with Gasteiger partial charge in [0.15, 0.2) is 0 Å². The van der Waals surface area contributed by atoms with E-state index in [1.54, 1.807) is 0 Å². The molecule has 1 heterocycles. The predicted octanol–water partition coefficient (Wildman–Crippen LogP) is 0.0654. The Hall–Kier alpha value is -0.650. The number of aliphatic hydroxyl groups excluding tert-OH is 1. The molecule has 1 rings (SSSR count). The summed E-state index contributed by atoms with van der Waals surface area (Å²) < 4.78 is 0.920. The van der Waals surface area contributed by atoms with E-state index in [0.717, 1.165) is 4.64 Å². The number of allylic oxidation sites excluding steroid dienone is 1. The van der Waals surface area contributed by atoms with Crippen LogP contribution in [-0.2, 0) is 0 Å². The van der Waals surface area contributed by atoms with Crippen LogP contribution in [0.3, 0.4) is 0 Å². The van der Waals surface area contributed by atoms with Crippen LogP contribution in [0.25, 0.3) is 0 Å². The number of rotatable bonds is 2. The SMILES string of the molecule is NC1=C(Cl)NN(Cl)N=C1CCO. The van der Waals surface area contributed by atoms with E-state index in [4.69, 9.17) is 34.2 Å². The van der Waals surface area contributed by atoms with Crippen LogP contribution >= 0.6 is 23.4 Å². The Labute approximate surface area is 79.5 Å². The van der Waals surface area contributed by atoms with Crippen molar-refractivity contribution < 1.29 is 5.11 Å². The van der Waals surface area contributed by atoms with E-state index in [2.05, 4.69) is 10.5 Å². The first-order valence-corrected chi connectivity index (χ1v) is 3.93. The lowest BCUT2D eigenvalue weighted by Gasteiger charge is -2.20. The van der Waals surface area contributed by atoms with E-state index in [-0.39, 0.29) is 11.8 Å². The van der Waals surface area contributed by atoms with Gasteiger partial charge in [-0.05, 0) is 0 Å². The molecule has 0 bridgehead atoms. The van der Waals surface area contributed by atoms with Gasteiger partial charge in [0.05, 0.1) is 23.2 Å². The van der Waals surface area contributed by atoms with Crippen molar-refractivity contribution in [2.45, 2.75) is 6.42 Å². The third-order valence-electron chi connectivity index (χ3n) is 1.29. The Balaban J connectivity index is 2.81. The maximum atomic E-state index is 8.62. The van der Waals surface area contributed by atoms with Crippen molar-refractivity contribution in [3.05, 3.63) is 10.9 Å². The van der Waals surface area contributed by atoms with Crippen molar-refractivity contribution in [2.75, 3.05) is 6.61 Å². The average Bonchev–Trinajstić information content (AvgIpc) is 2.00. The predicted molar refractivity (Wildman–Crippen MR) is 47.0 cm³/mol. The van der Waals surface area contributed by atoms with Crippen molar-refractivity contribution in [3.63, 3.8) is 0 Å². The number of hydrazine groups is 1. The Bertz CT molecular complexity index is 240. The Morgan fingerprint density at radius 3 is 2.92 bits per heavy atom. The van der Waals surface area contributed by atoms with Crippen LogP contribution in [0, 0.1) is 0 Å². The maximum Gasteiger partial charge on any atom is 0.148 e. The fourth-order valence-electron chi connectivity index (χ4n) is 0.743. The molecule has 12 heavy (non-hydrogen) atoms. The van der Waals surface area contributed by atoms with Gasteiger partial charge in [-0.3, -0.25) is 5.43 Å². The van der Waals surface area contributed by atoms with Gasteiger partial charge in [0.2, 0.25) is 0 Å². The lowest BCUT2D eigenvalue weighted by molar-refractivity contribution is 0.304. The van der Waals surface area contributed by atoms with Gasteiger partial charge in [0.1, 0.15) is 5.16 Å². The molecule has 7 heteroatoms. The molecule has 0 saturated carbocycles. The fraction of sp³-hybridized carbons (Fsp3) is 0.400. The highest BCUT2D eigenvalue weighted by molar-refractivity contribution is 6.32. The van der Waals surface area contributed by atoms with Gasteiger partial charge >= 0.3 is 0 Å². The lowest BCUT2D eigenvalue weighted by Crippen LogP contribution is -2.33. The molecule has 0 aromatic rings. The first kappa shape index (κ1) is 9.44. The van der Waals surface area contributed by atoms with Crippen LogP contribution in [0.4, 0.5) is 0 Å². The number of halogens is 2. The molecule has 68 valence electrons. The monoisotopic (exact) mass is 210 g/mol. The molecule has 0 spiro atoms. The van der Waals surface area contributed by atoms with Gasteiger partial charge in [0.25, 0.3) is 0 Å². The quantitative estimate of drug-likeness (QED) is 0.446. The zero-order valence-corrected chi connectivity index (χ0v) is 7.60. The van der Waals surface area contributed by atoms with Crippen molar-refractivity contribution in [3.8, 4) is 0 Å². The van der Waals surface area contributed by atoms with Gasteiger partial charge in [-0.15, -0.1) is 9.74 Å². The van der Waals surface area contributed by atoms with E-state index >= 15 is 0 Å². The Morgan fingerprint density at radius 1 is 1.67 bits per heavy atom. The fourth-order valence-corrected chi connectivity index (χ4v) is 1.15. The molecule has 5 nitrogen and oxygen atoms in total. The second-order valence-electron chi connectivity index (χ2n) is 2.12. The van der Waals surface area contributed by atoms with Gasteiger partial charge in [0, 0.05) is 13.0 Å². The van der Waals surface area contributed by atoms with Crippen molar-refractivity contribution >= 4 is 29.1 Å². The maximum absolute atomic E-state index is 8.62. The van der Waals surface area contributed by atoms with Crippen molar-refractivity contribution in [2.24, 2.45) is 10.8 Å². The largest absolute Gasteiger partial charge is 0.396 e. The highest BCUT2D eigenvalue weighted by atomic mass is 35.5. The summed E-state index contributed by atoms with van der Waals surface area (Å²) in [4.78, 5) is 0. The van der Waals surface area contributed by atoms with E-state index in [9.17, 15) is 0 Å². The standard InChI is InChI=1S/C5H8Cl2N4O/c6-5-4(8)3(1-2-12)9-11(7)10-5/h10,12H,1-2,8H2. The van der Waals surface area contributed by atoms with Crippen LogP contribution in [0.15, 0.2) is 16.0 Å². The van der Waals surface area contributed by atoms with Crippen molar-refractivity contribution in [1.29, 1.82) is 0 Å². The summed E-state index contributed by atoms with van der Waals surface area (Å²) in [6.07, 6.45) is 0.326. The summed E-state index contributed by atoms with van der Waals surface area (Å²) in [6.45, 7) is -0.0472. The number of hydrazone groups is 1. The first-order valence-electron chi connectivity index (χ1n) is 3.21. The molecule has 0 fully saturated rings. The summed E-state index contributed by atoms with van der Waals surface area (Å²) in [7, 11) is 0. The summed E-state index contributed by atoms with van der Waals surface area (Å²) in [5.74, 6) is 0. The minimum absolute atomic E-state index is 0.0472. The number of hydrogen-bond donors (Lipinski definition) is 3. The molecule has 0 aromatic heterocycles. The highest BCUT2D eigenvalue weighted by Crippen LogP contribution is 2.13. The molecule has 0 saturated heterocycles. The van der Waals surface area contributed by atoms with Crippen LogP contribution < -0.4 is 11.2 Å². The zero-order chi connectivity index (χ0) is 9.14. The molecule has 0 aliphatic carbocycles. The second kappa shape index (κ2) is 3.84. The highest BCUT2D eigenvalue weighted by Gasteiger charge is 2.16. The second-order valence-corrected chi connectivity index (χ2v) is 2.82. The first-order chi connectivity index (χ1) is 5.65. The number of nitrogens with zero attached hydrogens (tertiary/aromatic N) is 2. The minimum Gasteiger partial charge on any atom is -0.396 e. The van der Waals surface area contributed by atoms with Gasteiger partial charge < -0.3 is 10.8 Å². The van der Waals surface area contributed by atoms with E-state index in [0.29, 0.717) is 17.8 Å². The number of aliphatic hydroxyl groups is 1. The van der Waals surface area contributed by atoms with Crippen molar-refractivity contribution in [1.82, 2.24) is 10.1 Å². The number of hydrogen-bond acceptors (Lipinski definition) is 5. The molecule has 0 atom stereocenters. The Kier molecular flexibility index (Phi) is 3.02. The van der Waals surface area contributed by atoms with E-state index in [1.807, 2.05) is 0 Å². The third-order valence-corrected chi connectivity index (χ3v) is 1.74. The summed E-state index contributed by atoms with van der Waals surface area (Å²) in [5, 5.41) is 12.6. The van der Waals surface area contributed by atoms with Crippen LogP contribution in [-0.4, -0.2) is 22.1 Å². The number of nitrogens with one attached hydrogen (secondary N) is 1. The lowest BCUT2D eigenvalue weighted by atomic mass is 10.2. The topological polar surface area (TPSA) is 73.9 Å². The molecular weight excluding hydrogens is 203 g/mol. The van der Waals surface area contributed by atoms with Gasteiger partial charge in [-0.25, -0.2) is 0 Å². The van der Waals surface area contributed by atoms with E-state index in [1.165, 1.54) is 0 Å². The average molecular weight is 211 g/mol. The minimum atomic E-state index is -0.0472. The normalized spacial score (nSPS) is 17.6. The van der Waals surface area contributed by atoms with Crippen LogP contribution in [0.5, 0.6) is 0 Å². The summed E-state index contributed by atoms with van der Waals surface area (Å²) in [5.41, 5.74) is 8.77. The summed E-state index contributed by atoms with van der Waals surface area (Å²) in [6, 6.07) is 0. The molecular formula is C5H8Cl2N4O. The molecule has 4 N–H and O–H groups in total. The van der Waals surface area contributed by atoms with E-state index < -0.39 is 0 Å². The van der Waals surface area contributed by atoms with Crippen LogP contribution in [0.2, 0.25) is 0 Å². The molecule has 1 aliphatic rings. The van der Waals surface area contributed by atoms with Gasteiger partial charge in [-0.1, -0.05) is 11.6 Å². The molecule has 1 aliphatic heterocycles. The van der Waals surface area contributed by atoms with Crippen LogP contribution in [0.1, 0.15) is 6.42 Å². The van der Waals surface area contributed by atoms with Gasteiger partial charge in [-0.2, -0.15) is 0 Å².